The number of aryl methyl sites for hydroxylation is 1. The normalized spacial score (nSPS) is 18.9. The number of amides is 1. The van der Waals surface area contributed by atoms with E-state index in [1.807, 2.05) is 49.0 Å². The highest BCUT2D eigenvalue weighted by Gasteiger charge is 2.27. The van der Waals surface area contributed by atoms with Crippen molar-refractivity contribution in [3.63, 3.8) is 0 Å². The molecule has 0 bridgehead atoms. The van der Waals surface area contributed by atoms with Crippen LogP contribution in [0.15, 0.2) is 36.7 Å². The number of carbonyl (C=O) groups is 1. The quantitative estimate of drug-likeness (QED) is 0.940. The zero-order valence-electron chi connectivity index (χ0n) is 12.4. The van der Waals surface area contributed by atoms with Gasteiger partial charge in [0.1, 0.15) is 5.82 Å². The monoisotopic (exact) mass is 284 g/mol. The number of imidazole rings is 1. The van der Waals surface area contributed by atoms with Crippen LogP contribution >= 0.6 is 0 Å². The molecule has 2 heterocycles. The van der Waals surface area contributed by atoms with Crippen molar-refractivity contribution in [1.29, 1.82) is 0 Å². The maximum Gasteiger partial charge on any atom is 0.241 e. The third kappa shape index (κ3) is 2.83. The van der Waals surface area contributed by atoms with Gasteiger partial charge in [-0.05, 0) is 57.6 Å². The Morgan fingerprint density at radius 3 is 2.67 bits per heavy atom. The minimum Gasteiger partial charge on any atom is -0.325 e. The van der Waals surface area contributed by atoms with Crippen LogP contribution < -0.4 is 5.32 Å². The first kappa shape index (κ1) is 13.8. The number of carbonyl (C=O) groups excluding carboxylic acids is 1. The SMILES string of the molecule is Cc1nccn1-c1ccc(NC(=O)[C@@H]2CCCN2C)cc1. The van der Waals surface area contributed by atoms with Gasteiger partial charge < -0.3 is 9.88 Å². The van der Waals surface area contributed by atoms with Crippen LogP contribution in [0.1, 0.15) is 18.7 Å². The summed E-state index contributed by atoms with van der Waals surface area (Å²) in [6, 6.07) is 7.84. The highest BCUT2D eigenvalue weighted by atomic mass is 16.2. The van der Waals surface area contributed by atoms with Gasteiger partial charge in [-0.1, -0.05) is 0 Å². The van der Waals surface area contributed by atoms with Crippen molar-refractivity contribution in [1.82, 2.24) is 14.5 Å². The fourth-order valence-corrected chi connectivity index (χ4v) is 2.82. The van der Waals surface area contributed by atoms with Crippen molar-refractivity contribution in [2.45, 2.75) is 25.8 Å². The molecule has 1 atom stereocenters. The molecule has 0 saturated carbocycles. The van der Waals surface area contributed by atoms with Gasteiger partial charge in [-0.3, -0.25) is 9.69 Å². The molecule has 3 rings (SSSR count). The molecular weight excluding hydrogens is 264 g/mol. The van der Waals surface area contributed by atoms with Crippen LogP contribution in [0, 0.1) is 6.92 Å². The van der Waals surface area contributed by atoms with E-state index in [1.54, 1.807) is 6.20 Å². The molecule has 1 amide bonds. The van der Waals surface area contributed by atoms with E-state index in [2.05, 4.69) is 15.2 Å². The van der Waals surface area contributed by atoms with E-state index in [-0.39, 0.29) is 11.9 Å². The molecule has 1 aliphatic rings. The second-order valence-electron chi connectivity index (χ2n) is 5.52. The van der Waals surface area contributed by atoms with Crippen molar-refractivity contribution < 1.29 is 4.79 Å². The smallest absolute Gasteiger partial charge is 0.241 e. The summed E-state index contributed by atoms with van der Waals surface area (Å²) in [6.45, 7) is 2.96. The summed E-state index contributed by atoms with van der Waals surface area (Å²) < 4.78 is 2.01. The lowest BCUT2D eigenvalue weighted by molar-refractivity contribution is -0.119. The molecule has 1 aliphatic heterocycles. The lowest BCUT2D eigenvalue weighted by Crippen LogP contribution is -2.37. The Morgan fingerprint density at radius 2 is 2.10 bits per heavy atom. The summed E-state index contributed by atoms with van der Waals surface area (Å²) >= 11 is 0. The van der Waals surface area contributed by atoms with Gasteiger partial charge in [0.2, 0.25) is 5.91 Å². The standard InChI is InChI=1S/C16H20N4O/c1-12-17-9-11-20(12)14-7-5-13(6-8-14)18-16(21)15-4-3-10-19(15)2/h5-9,11,15H,3-4,10H2,1-2H3,(H,18,21)/t15-/m0/s1. The predicted octanol–water partition coefficient (Wildman–Crippen LogP) is 2.21. The number of hydrogen-bond donors (Lipinski definition) is 1. The van der Waals surface area contributed by atoms with Gasteiger partial charge in [0.05, 0.1) is 6.04 Å². The first-order valence-electron chi connectivity index (χ1n) is 7.26. The largest absolute Gasteiger partial charge is 0.325 e. The Morgan fingerprint density at radius 1 is 1.33 bits per heavy atom. The number of likely N-dealkylation sites (N-methyl/N-ethyl adjacent to an activating group) is 1. The van der Waals surface area contributed by atoms with Crippen molar-refractivity contribution in [3.8, 4) is 5.69 Å². The summed E-state index contributed by atoms with van der Waals surface area (Å²) in [5.41, 5.74) is 1.88. The fourth-order valence-electron chi connectivity index (χ4n) is 2.82. The maximum absolute atomic E-state index is 12.2. The van der Waals surface area contributed by atoms with Gasteiger partial charge in [-0.15, -0.1) is 0 Å². The summed E-state index contributed by atoms with van der Waals surface area (Å²) in [5.74, 6) is 1.03. The minimum absolute atomic E-state index is 0.000528. The van der Waals surface area contributed by atoms with E-state index >= 15 is 0 Å². The molecule has 0 radical (unpaired) electrons. The van der Waals surface area contributed by atoms with Crippen LogP contribution in [0.3, 0.4) is 0 Å². The molecule has 21 heavy (non-hydrogen) atoms. The second-order valence-corrected chi connectivity index (χ2v) is 5.52. The Balaban J connectivity index is 1.70. The molecule has 0 spiro atoms. The lowest BCUT2D eigenvalue weighted by atomic mass is 10.2. The summed E-state index contributed by atoms with van der Waals surface area (Å²) in [5, 5.41) is 3.00. The predicted molar refractivity (Wildman–Crippen MR) is 82.6 cm³/mol. The molecule has 1 aromatic heterocycles. The van der Waals surface area contributed by atoms with Gasteiger partial charge in [0, 0.05) is 23.8 Å². The van der Waals surface area contributed by atoms with Crippen LogP contribution in [0.4, 0.5) is 5.69 Å². The molecular formula is C16H20N4O. The van der Waals surface area contributed by atoms with E-state index in [0.717, 1.165) is 36.6 Å². The molecule has 1 saturated heterocycles. The maximum atomic E-state index is 12.2. The highest BCUT2D eigenvalue weighted by molar-refractivity contribution is 5.95. The molecule has 0 aliphatic carbocycles. The number of nitrogens with one attached hydrogen (secondary N) is 1. The summed E-state index contributed by atoms with van der Waals surface area (Å²) in [7, 11) is 2.00. The molecule has 5 nitrogen and oxygen atoms in total. The zero-order chi connectivity index (χ0) is 14.8. The molecule has 1 N–H and O–H groups in total. The Hall–Kier alpha value is -2.14. The van der Waals surface area contributed by atoms with Gasteiger partial charge in [-0.2, -0.15) is 0 Å². The average molecular weight is 284 g/mol. The fraction of sp³-hybridized carbons (Fsp3) is 0.375. The van der Waals surface area contributed by atoms with Crippen LogP contribution in [-0.2, 0) is 4.79 Å². The topological polar surface area (TPSA) is 50.2 Å². The molecule has 2 aromatic rings. The second kappa shape index (κ2) is 5.69. The van der Waals surface area contributed by atoms with E-state index in [4.69, 9.17) is 0 Å². The molecule has 0 unspecified atom stereocenters. The van der Waals surface area contributed by atoms with Crippen LogP contribution in [0.25, 0.3) is 5.69 Å². The minimum atomic E-state index is 0.000528. The van der Waals surface area contributed by atoms with E-state index in [0.29, 0.717) is 0 Å². The van der Waals surface area contributed by atoms with Crippen molar-refractivity contribution in [2.24, 2.45) is 0 Å². The highest BCUT2D eigenvalue weighted by Crippen LogP contribution is 2.18. The average Bonchev–Trinajstić information content (AvgIpc) is 3.08. The zero-order valence-corrected chi connectivity index (χ0v) is 12.4. The summed E-state index contributed by atoms with van der Waals surface area (Å²) in [6.07, 6.45) is 5.74. The van der Waals surface area contributed by atoms with Gasteiger partial charge >= 0.3 is 0 Å². The number of anilines is 1. The third-order valence-electron chi connectivity index (χ3n) is 4.06. The van der Waals surface area contributed by atoms with E-state index < -0.39 is 0 Å². The number of aromatic nitrogens is 2. The Bertz CT molecular complexity index is 632. The number of rotatable bonds is 3. The molecule has 5 heteroatoms. The summed E-state index contributed by atoms with van der Waals surface area (Å²) in [4.78, 5) is 18.5. The molecule has 1 fully saturated rings. The first-order chi connectivity index (χ1) is 10.1. The van der Waals surface area contributed by atoms with Gasteiger partial charge in [-0.25, -0.2) is 4.98 Å². The van der Waals surface area contributed by atoms with Crippen LogP contribution in [0.5, 0.6) is 0 Å². The Labute approximate surface area is 124 Å². The Kier molecular flexibility index (Phi) is 3.75. The van der Waals surface area contributed by atoms with Crippen LogP contribution in [0.2, 0.25) is 0 Å². The third-order valence-corrected chi connectivity index (χ3v) is 4.06. The number of nitrogens with zero attached hydrogens (tertiary/aromatic N) is 3. The number of likely N-dealkylation sites (tertiary alicyclic amines) is 1. The van der Waals surface area contributed by atoms with E-state index in [1.165, 1.54) is 0 Å². The van der Waals surface area contributed by atoms with Gasteiger partial charge in [0.15, 0.2) is 0 Å². The van der Waals surface area contributed by atoms with Gasteiger partial charge in [0.25, 0.3) is 0 Å². The number of hydrogen-bond acceptors (Lipinski definition) is 3. The van der Waals surface area contributed by atoms with Crippen molar-refractivity contribution in [3.05, 3.63) is 42.5 Å². The number of benzene rings is 1. The van der Waals surface area contributed by atoms with E-state index in [9.17, 15) is 4.79 Å². The lowest BCUT2D eigenvalue weighted by Gasteiger charge is -2.18. The van der Waals surface area contributed by atoms with Crippen molar-refractivity contribution >= 4 is 11.6 Å². The first-order valence-corrected chi connectivity index (χ1v) is 7.26. The molecule has 1 aromatic carbocycles. The molecule has 110 valence electrons. The van der Waals surface area contributed by atoms with Crippen LogP contribution in [-0.4, -0.2) is 40.0 Å². The van der Waals surface area contributed by atoms with Crippen molar-refractivity contribution in [2.75, 3.05) is 18.9 Å².